The van der Waals surface area contributed by atoms with Crippen LogP contribution >= 0.6 is 0 Å². The Morgan fingerprint density at radius 3 is 2.84 bits per heavy atom. The quantitative estimate of drug-likeness (QED) is 0.816. The molecule has 2 rings (SSSR count). The van der Waals surface area contributed by atoms with Gasteiger partial charge in [0, 0.05) is 12.1 Å². The molecule has 1 N–H and O–H groups in total. The van der Waals surface area contributed by atoms with Gasteiger partial charge in [-0.05, 0) is 64.4 Å². The lowest BCUT2D eigenvalue weighted by atomic mass is 9.98. The summed E-state index contributed by atoms with van der Waals surface area (Å²) < 4.78 is 0. The smallest absolute Gasteiger partial charge is 0.0325 e. The Morgan fingerprint density at radius 2 is 2.05 bits per heavy atom. The van der Waals surface area contributed by atoms with Gasteiger partial charge < -0.3 is 10.2 Å². The highest BCUT2D eigenvalue weighted by Gasteiger charge is 2.19. The Bertz CT molecular complexity index is 387. The number of nitrogens with one attached hydrogen (secondary N) is 1. The molecule has 0 spiro atoms. The summed E-state index contributed by atoms with van der Waals surface area (Å²) in [5, 5.41) is 3.84. The van der Waals surface area contributed by atoms with E-state index in [4.69, 9.17) is 0 Å². The molecule has 2 heteroatoms. The predicted octanol–water partition coefficient (Wildman–Crippen LogP) is 3.38. The summed E-state index contributed by atoms with van der Waals surface area (Å²) in [6, 6.07) is 10.1. The van der Waals surface area contributed by atoms with Crippen LogP contribution in [0, 0.1) is 0 Å². The molecule has 0 amide bonds. The van der Waals surface area contributed by atoms with Crippen molar-refractivity contribution in [1.29, 1.82) is 0 Å². The number of hydrogen-bond acceptors (Lipinski definition) is 2. The van der Waals surface area contributed by atoms with Crippen LogP contribution in [0.2, 0.25) is 0 Å². The van der Waals surface area contributed by atoms with Gasteiger partial charge >= 0.3 is 0 Å². The molecule has 0 aliphatic heterocycles. The van der Waals surface area contributed by atoms with E-state index in [-0.39, 0.29) is 0 Å². The van der Waals surface area contributed by atoms with Crippen LogP contribution in [-0.2, 0) is 6.42 Å². The molecular formula is C17H28N2. The molecule has 0 bridgehead atoms. The van der Waals surface area contributed by atoms with Crippen molar-refractivity contribution in [2.45, 2.75) is 51.1 Å². The molecule has 1 aliphatic rings. The zero-order chi connectivity index (χ0) is 13.7. The maximum atomic E-state index is 3.84. The second kappa shape index (κ2) is 7.06. The molecule has 0 saturated carbocycles. The van der Waals surface area contributed by atoms with Gasteiger partial charge in [0.2, 0.25) is 0 Å². The topological polar surface area (TPSA) is 15.3 Å². The number of hydrogen-bond donors (Lipinski definition) is 1. The summed E-state index contributed by atoms with van der Waals surface area (Å²) in [5.41, 5.74) is 3.09. The zero-order valence-corrected chi connectivity index (χ0v) is 12.7. The summed E-state index contributed by atoms with van der Waals surface area (Å²) in [5.74, 6) is 0. The second-order valence-electron chi connectivity index (χ2n) is 6.16. The number of fused-ring (bicyclic) bond motifs is 1. The number of benzene rings is 1. The first-order valence-electron chi connectivity index (χ1n) is 7.65. The third-order valence-corrected chi connectivity index (χ3v) is 4.11. The molecule has 1 aliphatic carbocycles. The van der Waals surface area contributed by atoms with Gasteiger partial charge in [0.25, 0.3) is 0 Å². The van der Waals surface area contributed by atoms with Gasteiger partial charge in [0.15, 0.2) is 0 Å². The Labute approximate surface area is 118 Å². The fourth-order valence-electron chi connectivity index (χ4n) is 2.97. The average Bonchev–Trinajstić information content (AvgIpc) is 2.59. The maximum Gasteiger partial charge on any atom is 0.0325 e. The molecule has 0 radical (unpaired) electrons. The minimum absolute atomic E-state index is 0.552. The fraction of sp³-hybridized carbons (Fsp3) is 0.647. The molecule has 1 aromatic carbocycles. The van der Waals surface area contributed by atoms with Gasteiger partial charge in [-0.1, -0.05) is 30.7 Å². The first kappa shape index (κ1) is 14.5. The van der Waals surface area contributed by atoms with Gasteiger partial charge in [-0.2, -0.15) is 0 Å². The van der Waals surface area contributed by atoms with Crippen LogP contribution in [0.3, 0.4) is 0 Å². The first-order chi connectivity index (χ1) is 9.16. The van der Waals surface area contributed by atoms with E-state index in [0.29, 0.717) is 12.1 Å². The molecule has 106 valence electrons. The standard InChI is InChI=1S/C17H28N2/c1-14(12-13-19(2)3)18-17-11-7-5-9-15-8-4-6-10-16(15)17/h4,6,8,10,14,17-18H,5,7,9,11-13H2,1-3H3. The lowest BCUT2D eigenvalue weighted by molar-refractivity contribution is 0.344. The lowest BCUT2D eigenvalue weighted by Gasteiger charge is -2.25. The number of aryl methyl sites for hydroxylation is 1. The Morgan fingerprint density at radius 1 is 1.26 bits per heavy atom. The molecule has 0 heterocycles. The van der Waals surface area contributed by atoms with E-state index in [0.717, 1.165) is 6.54 Å². The highest BCUT2D eigenvalue weighted by molar-refractivity contribution is 5.31. The number of nitrogens with zero attached hydrogens (tertiary/aromatic N) is 1. The largest absolute Gasteiger partial charge is 0.309 e. The third-order valence-electron chi connectivity index (χ3n) is 4.11. The van der Waals surface area contributed by atoms with E-state index in [1.165, 1.54) is 37.7 Å². The molecule has 1 aromatic rings. The SMILES string of the molecule is CC(CCN(C)C)NC1CCCCc2ccccc21. The minimum atomic E-state index is 0.552. The van der Waals surface area contributed by atoms with Crippen molar-refractivity contribution in [3.05, 3.63) is 35.4 Å². The second-order valence-corrected chi connectivity index (χ2v) is 6.16. The Balaban J connectivity index is 1.99. The van der Waals surface area contributed by atoms with Gasteiger partial charge in [-0.15, -0.1) is 0 Å². The first-order valence-corrected chi connectivity index (χ1v) is 7.65. The lowest BCUT2D eigenvalue weighted by Crippen LogP contribution is -2.33. The predicted molar refractivity (Wildman–Crippen MR) is 82.5 cm³/mol. The van der Waals surface area contributed by atoms with Gasteiger partial charge in [0.05, 0.1) is 0 Å². The van der Waals surface area contributed by atoms with E-state index in [2.05, 4.69) is 55.5 Å². The van der Waals surface area contributed by atoms with Crippen molar-refractivity contribution >= 4 is 0 Å². The maximum absolute atomic E-state index is 3.84. The zero-order valence-electron chi connectivity index (χ0n) is 12.7. The monoisotopic (exact) mass is 260 g/mol. The van der Waals surface area contributed by atoms with E-state index in [1.54, 1.807) is 5.56 Å². The van der Waals surface area contributed by atoms with Crippen molar-refractivity contribution in [3.8, 4) is 0 Å². The normalized spacial score (nSPS) is 20.9. The van der Waals surface area contributed by atoms with Crippen LogP contribution in [0.15, 0.2) is 24.3 Å². The van der Waals surface area contributed by atoms with E-state index in [9.17, 15) is 0 Å². The van der Waals surface area contributed by atoms with Crippen molar-refractivity contribution in [3.63, 3.8) is 0 Å². The summed E-state index contributed by atoms with van der Waals surface area (Å²) in [6.07, 6.45) is 6.42. The van der Waals surface area contributed by atoms with Crippen molar-refractivity contribution in [1.82, 2.24) is 10.2 Å². The molecule has 2 atom stereocenters. The van der Waals surface area contributed by atoms with Crippen molar-refractivity contribution < 1.29 is 0 Å². The molecule has 0 fully saturated rings. The summed E-state index contributed by atoms with van der Waals surface area (Å²) in [4.78, 5) is 2.26. The molecule has 2 unspecified atom stereocenters. The highest BCUT2D eigenvalue weighted by atomic mass is 15.1. The van der Waals surface area contributed by atoms with Crippen LogP contribution in [0.1, 0.15) is 49.8 Å². The molecule has 19 heavy (non-hydrogen) atoms. The highest BCUT2D eigenvalue weighted by Crippen LogP contribution is 2.28. The summed E-state index contributed by atoms with van der Waals surface area (Å²) >= 11 is 0. The minimum Gasteiger partial charge on any atom is -0.309 e. The van der Waals surface area contributed by atoms with E-state index < -0.39 is 0 Å². The van der Waals surface area contributed by atoms with E-state index in [1.807, 2.05) is 0 Å². The third kappa shape index (κ3) is 4.32. The molecular weight excluding hydrogens is 232 g/mol. The average molecular weight is 260 g/mol. The van der Waals surface area contributed by atoms with Crippen molar-refractivity contribution in [2.24, 2.45) is 0 Å². The summed E-state index contributed by atoms with van der Waals surface area (Å²) in [6.45, 7) is 3.47. The van der Waals surface area contributed by atoms with Crippen LogP contribution in [-0.4, -0.2) is 31.6 Å². The van der Waals surface area contributed by atoms with Gasteiger partial charge in [-0.3, -0.25) is 0 Å². The summed E-state index contributed by atoms with van der Waals surface area (Å²) in [7, 11) is 4.29. The fourth-order valence-corrected chi connectivity index (χ4v) is 2.97. The number of rotatable bonds is 5. The Hall–Kier alpha value is -0.860. The van der Waals surface area contributed by atoms with Crippen LogP contribution in [0.5, 0.6) is 0 Å². The molecule has 2 nitrogen and oxygen atoms in total. The van der Waals surface area contributed by atoms with Crippen LogP contribution in [0.25, 0.3) is 0 Å². The van der Waals surface area contributed by atoms with Crippen LogP contribution in [0.4, 0.5) is 0 Å². The van der Waals surface area contributed by atoms with E-state index >= 15 is 0 Å². The van der Waals surface area contributed by atoms with Gasteiger partial charge in [0.1, 0.15) is 0 Å². The van der Waals surface area contributed by atoms with Gasteiger partial charge in [-0.25, -0.2) is 0 Å². The Kier molecular flexibility index (Phi) is 5.41. The molecule has 0 saturated heterocycles. The van der Waals surface area contributed by atoms with Crippen LogP contribution < -0.4 is 5.32 Å². The molecule has 0 aromatic heterocycles. The van der Waals surface area contributed by atoms with Crippen molar-refractivity contribution in [2.75, 3.05) is 20.6 Å².